The zero-order valence-corrected chi connectivity index (χ0v) is 20.1. The number of aromatic nitrogens is 4. The molecule has 4 aromatic rings. The second-order valence-electron chi connectivity index (χ2n) is 10.6. The smallest absolute Gasteiger partial charge is 0.298 e. The van der Waals surface area contributed by atoms with Crippen molar-refractivity contribution < 1.29 is 0 Å². The molecule has 0 saturated carbocycles. The highest BCUT2D eigenvalue weighted by molar-refractivity contribution is 5.81. The van der Waals surface area contributed by atoms with Crippen molar-refractivity contribution in [1.29, 1.82) is 0 Å². The molecule has 1 aliphatic heterocycles. The predicted octanol–water partition coefficient (Wildman–Crippen LogP) is 4.71. The fourth-order valence-electron chi connectivity index (χ4n) is 5.12. The zero-order valence-electron chi connectivity index (χ0n) is 20.1. The number of pyridine rings is 2. The SMILES string of the molecule is Cn1c(=O)n(CC(C)(C)C)c2ccc(C3CCCN(Cc4cccc5cccnc45)C3)nc21. The number of aryl methyl sites for hydroxylation is 1. The zero-order chi connectivity index (χ0) is 23.2. The van der Waals surface area contributed by atoms with Gasteiger partial charge in [0.15, 0.2) is 5.65 Å². The molecule has 6 heteroatoms. The van der Waals surface area contributed by atoms with Gasteiger partial charge in [0.1, 0.15) is 0 Å². The lowest BCUT2D eigenvalue weighted by Gasteiger charge is -2.32. The third kappa shape index (κ3) is 4.32. The standard InChI is InChI=1S/C27H33N5O/c1-27(2,3)18-32-23-13-12-22(29-25(23)30(4)26(32)33)20-11-7-15-31(16-20)17-21-9-5-8-19-10-6-14-28-24(19)21/h5-6,8-10,12-14,20H,7,11,15-18H2,1-4H3. The van der Waals surface area contributed by atoms with Gasteiger partial charge in [0.2, 0.25) is 0 Å². The highest BCUT2D eigenvalue weighted by Crippen LogP contribution is 2.29. The first-order chi connectivity index (χ1) is 15.8. The topological polar surface area (TPSA) is 56.0 Å². The third-order valence-corrected chi connectivity index (χ3v) is 6.67. The Morgan fingerprint density at radius 1 is 1.09 bits per heavy atom. The molecular weight excluding hydrogens is 410 g/mol. The molecule has 1 aliphatic rings. The van der Waals surface area contributed by atoms with Gasteiger partial charge in [-0.05, 0) is 48.6 Å². The number of fused-ring (bicyclic) bond motifs is 2. The van der Waals surface area contributed by atoms with Gasteiger partial charge in [0, 0.05) is 49.9 Å². The van der Waals surface area contributed by atoms with Crippen LogP contribution in [0.25, 0.3) is 22.1 Å². The maximum atomic E-state index is 12.9. The molecule has 0 amide bonds. The maximum absolute atomic E-state index is 12.9. The summed E-state index contributed by atoms with van der Waals surface area (Å²) in [6.45, 7) is 10.1. The van der Waals surface area contributed by atoms with Crippen molar-refractivity contribution in [2.45, 2.75) is 52.6 Å². The van der Waals surface area contributed by atoms with E-state index in [1.165, 1.54) is 10.9 Å². The van der Waals surface area contributed by atoms with E-state index < -0.39 is 0 Å². The van der Waals surface area contributed by atoms with Crippen LogP contribution in [0, 0.1) is 5.41 Å². The Hall–Kier alpha value is -2.99. The first kappa shape index (κ1) is 21.8. The van der Waals surface area contributed by atoms with E-state index in [4.69, 9.17) is 4.98 Å². The van der Waals surface area contributed by atoms with Crippen LogP contribution >= 0.6 is 0 Å². The molecule has 0 spiro atoms. The van der Waals surface area contributed by atoms with Crippen molar-refractivity contribution in [2.24, 2.45) is 12.5 Å². The quantitative estimate of drug-likeness (QED) is 0.458. The molecule has 0 N–H and O–H groups in total. The van der Waals surface area contributed by atoms with Crippen LogP contribution in [0.2, 0.25) is 0 Å². The summed E-state index contributed by atoms with van der Waals surface area (Å²) < 4.78 is 3.57. The van der Waals surface area contributed by atoms with Gasteiger partial charge in [-0.25, -0.2) is 9.78 Å². The van der Waals surface area contributed by atoms with Crippen molar-refractivity contribution in [2.75, 3.05) is 13.1 Å². The minimum atomic E-state index is 0.0123. The van der Waals surface area contributed by atoms with Crippen LogP contribution in [0.15, 0.2) is 53.5 Å². The fourth-order valence-corrected chi connectivity index (χ4v) is 5.12. The largest absolute Gasteiger partial charge is 0.330 e. The maximum Gasteiger partial charge on any atom is 0.330 e. The summed E-state index contributed by atoms with van der Waals surface area (Å²) in [6, 6.07) is 14.8. The molecule has 1 aromatic carbocycles. The molecule has 1 atom stereocenters. The Bertz CT molecular complexity index is 1360. The number of hydrogen-bond donors (Lipinski definition) is 0. The minimum absolute atomic E-state index is 0.0123. The van der Waals surface area contributed by atoms with E-state index in [9.17, 15) is 4.79 Å². The average Bonchev–Trinajstić information content (AvgIpc) is 3.03. The van der Waals surface area contributed by atoms with Crippen molar-refractivity contribution >= 4 is 22.1 Å². The molecule has 0 aliphatic carbocycles. The molecule has 172 valence electrons. The van der Waals surface area contributed by atoms with E-state index in [0.717, 1.165) is 54.9 Å². The Labute approximate surface area is 194 Å². The second kappa shape index (κ2) is 8.41. The summed E-state index contributed by atoms with van der Waals surface area (Å²) >= 11 is 0. The number of piperidine rings is 1. The lowest BCUT2D eigenvalue weighted by atomic mass is 9.93. The lowest BCUT2D eigenvalue weighted by Crippen LogP contribution is -2.34. The molecule has 6 nitrogen and oxygen atoms in total. The third-order valence-electron chi connectivity index (χ3n) is 6.67. The summed E-state index contributed by atoms with van der Waals surface area (Å²) in [7, 11) is 1.83. The van der Waals surface area contributed by atoms with Crippen LogP contribution in [0.5, 0.6) is 0 Å². The monoisotopic (exact) mass is 443 g/mol. The highest BCUT2D eigenvalue weighted by atomic mass is 16.1. The second-order valence-corrected chi connectivity index (χ2v) is 10.6. The van der Waals surface area contributed by atoms with E-state index >= 15 is 0 Å². The van der Waals surface area contributed by atoms with Crippen LogP contribution < -0.4 is 5.69 Å². The first-order valence-electron chi connectivity index (χ1n) is 11.9. The van der Waals surface area contributed by atoms with Crippen LogP contribution in [0.4, 0.5) is 0 Å². The van der Waals surface area contributed by atoms with Crippen molar-refractivity contribution in [3.8, 4) is 0 Å². The number of imidazole rings is 1. The summed E-state index contributed by atoms with van der Waals surface area (Å²) in [5.74, 6) is 0.368. The van der Waals surface area contributed by atoms with Gasteiger partial charge < -0.3 is 0 Å². The summed E-state index contributed by atoms with van der Waals surface area (Å²) in [4.78, 5) is 25.0. The lowest BCUT2D eigenvalue weighted by molar-refractivity contribution is 0.199. The van der Waals surface area contributed by atoms with Gasteiger partial charge in [-0.1, -0.05) is 45.0 Å². The van der Waals surface area contributed by atoms with Gasteiger partial charge in [0.05, 0.1) is 11.0 Å². The fraction of sp³-hybridized carbons (Fsp3) is 0.444. The molecule has 3 aromatic heterocycles. The number of rotatable bonds is 4. The van der Waals surface area contributed by atoms with Crippen molar-refractivity contribution in [3.63, 3.8) is 0 Å². The molecule has 0 bridgehead atoms. The molecule has 33 heavy (non-hydrogen) atoms. The number of benzene rings is 1. The Morgan fingerprint density at radius 2 is 1.91 bits per heavy atom. The van der Waals surface area contributed by atoms with Crippen LogP contribution in [0.1, 0.15) is 50.8 Å². The van der Waals surface area contributed by atoms with Crippen LogP contribution in [-0.2, 0) is 20.1 Å². The number of nitrogens with zero attached hydrogens (tertiary/aromatic N) is 5. The molecular formula is C27H33N5O. The summed E-state index contributed by atoms with van der Waals surface area (Å²) in [5.41, 5.74) is 5.21. The van der Waals surface area contributed by atoms with E-state index in [1.807, 2.05) is 23.9 Å². The van der Waals surface area contributed by atoms with Crippen molar-refractivity contribution in [1.82, 2.24) is 24.0 Å². The van der Waals surface area contributed by atoms with Crippen LogP contribution in [-0.4, -0.2) is 37.1 Å². The summed E-state index contributed by atoms with van der Waals surface area (Å²) in [6.07, 6.45) is 4.14. The molecule has 1 fully saturated rings. The van der Waals surface area contributed by atoms with Gasteiger partial charge >= 0.3 is 5.69 Å². The minimum Gasteiger partial charge on any atom is -0.298 e. The highest BCUT2D eigenvalue weighted by Gasteiger charge is 2.25. The summed E-state index contributed by atoms with van der Waals surface area (Å²) in [5, 5.41) is 1.19. The normalized spacial score (nSPS) is 17.8. The molecule has 0 radical (unpaired) electrons. The van der Waals surface area contributed by atoms with E-state index in [-0.39, 0.29) is 11.1 Å². The van der Waals surface area contributed by atoms with Gasteiger partial charge in [-0.15, -0.1) is 0 Å². The van der Waals surface area contributed by atoms with Crippen LogP contribution in [0.3, 0.4) is 0 Å². The predicted molar refractivity (Wildman–Crippen MR) is 133 cm³/mol. The Kier molecular flexibility index (Phi) is 5.57. The molecule has 4 heterocycles. The van der Waals surface area contributed by atoms with E-state index in [0.29, 0.717) is 12.5 Å². The molecule has 1 unspecified atom stereocenters. The van der Waals surface area contributed by atoms with Crippen molar-refractivity contribution in [3.05, 3.63) is 70.4 Å². The Morgan fingerprint density at radius 3 is 2.73 bits per heavy atom. The number of hydrogen-bond acceptors (Lipinski definition) is 4. The van der Waals surface area contributed by atoms with E-state index in [2.05, 4.69) is 67.1 Å². The average molecular weight is 444 g/mol. The van der Waals surface area contributed by atoms with E-state index in [1.54, 1.807) is 4.57 Å². The first-order valence-corrected chi connectivity index (χ1v) is 11.9. The molecule has 5 rings (SSSR count). The Balaban J connectivity index is 1.41. The van der Waals surface area contributed by atoms with Gasteiger partial charge in [-0.3, -0.25) is 19.0 Å². The number of likely N-dealkylation sites (tertiary alicyclic amines) is 1. The number of para-hydroxylation sites is 1. The van der Waals surface area contributed by atoms with Gasteiger partial charge in [-0.2, -0.15) is 0 Å². The molecule has 1 saturated heterocycles. The van der Waals surface area contributed by atoms with Gasteiger partial charge in [0.25, 0.3) is 0 Å².